The van der Waals surface area contributed by atoms with Crippen LogP contribution in [0.4, 0.5) is 0 Å². The van der Waals surface area contributed by atoms with E-state index in [-0.39, 0.29) is 17.7 Å². The summed E-state index contributed by atoms with van der Waals surface area (Å²) in [5.74, 6) is 0.313. The average molecular weight is 320 g/mol. The van der Waals surface area contributed by atoms with Crippen molar-refractivity contribution in [3.8, 4) is 0 Å². The monoisotopic (exact) mass is 320 g/mol. The van der Waals surface area contributed by atoms with Gasteiger partial charge >= 0.3 is 0 Å². The van der Waals surface area contributed by atoms with E-state index in [9.17, 15) is 4.79 Å². The fourth-order valence-electron chi connectivity index (χ4n) is 3.70. The standard InChI is InChI=1S/C17H28N4O2/c1-21-12-13(9-20-21)15-10-18-11-16(15)17(22)19-7-8-23-14-5-3-2-4-6-14/h9,12,14-16,18H,2-8,10-11H2,1H3,(H,19,22)/t15-,16+/m1/s1. The minimum absolute atomic E-state index is 0.0196. The molecule has 1 amide bonds. The van der Waals surface area contributed by atoms with Crippen LogP contribution in [0.15, 0.2) is 12.4 Å². The fourth-order valence-corrected chi connectivity index (χ4v) is 3.70. The summed E-state index contributed by atoms with van der Waals surface area (Å²) in [4.78, 5) is 12.5. The van der Waals surface area contributed by atoms with Gasteiger partial charge in [-0.25, -0.2) is 0 Å². The summed E-state index contributed by atoms with van der Waals surface area (Å²) in [6, 6.07) is 0. The molecule has 1 aliphatic carbocycles. The number of rotatable bonds is 6. The van der Waals surface area contributed by atoms with Crippen molar-refractivity contribution in [2.24, 2.45) is 13.0 Å². The average Bonchev–Trinajstić information content (AvgIpc) is 3.21. The first-order valence-corrected chi connectivity index (χ1v) is 8.82. The lowest BCUT2D eigenvalue weighted by Gasteiger charge is -2.22. The number of nitrogens with one attached hydrogen (secondary N) is 2. The van der Waals surface area contributed by atoms with Gasteiger partial charge in [-0.05, 0) is 18.4 Å². The van der Waals surface area contributed by atoms with Crippen LogP contribution in [0, 0.1) is 5.92 Å². The highest BCUT2D eigenvalue weighted by atomic mass is 16.5. The van der Waals surface area contributed by atoms with Gasteiger partial charge in [-0.1, -0.05) is 19.3 Å². The Balaban J connectivity index is 1.42. The van der Waals surface area contributed by atoms with Crippen molar-refractivity contribution in [2.75, 3.05) is 26.2 Å². The molecule has 0 unspecified atom stereocenters. The largest absolute Gasteiger partial charge is 0.376 e. The van der Waals surface area contributed by atoms with Crippen LogP contribution in [-0.2, 0) is 16.6 Å². The molecular weight excluding hydrogens is 292 g/mol. The van der Waals surface area contributed by atoms with E-state index in [1.54, 1.807) is 4.68 Å². The summed E-state index contributed by atoms with van der Waals surface area (Å²) < 4.78 is 7.66. The molecule has 0 bridgehead atoms. The summed E-state index contributed by atoms with van der Waals surface area (Å²) in [5.41, 5.74) is 1.14. The zero-order valence-corrected chi connectivity index (χ0v) is 14.0. The molecule has 23 heavy (non-hydrogen) atoms. The van der Waals surface area contributed by atoms with Crippen LogP contribution in [0.25, 0.3) is 0 Å². The third-order valence-electron chi connectivity index (χ3n) is 5.01. The van der Waals surface area contributed by atoms with Crippen LogP contribution in [0.5, 0.6) is 0 Å². The van der Waals surface area contributed by atoms with Crippen LogP contribution in [0.1, 0.15) is 43.6 Å². The molecule has 2 aliphatic rings. The summed E-state index contributed by atoms with van der Waals surface area (Å²) in [5, 5.41) is 10.6. The Hall–Kier alpha value is -1.40. The van der Waals surface area contributed by atoms with Gasteiger partial charge in [-0.2, -0.15) is 5.10 Å². The maximum absolute atomic E-state index is 12.5. The van der Waals surface area contributed by atoms with E-state index in [0.29, 0.717) is 19.3 Å². The highest BCUT2D eigenvalue weighted by Crippen LogP contribution is 2.27. The highest BCUT2D eigenvalue weighted by Gasteiger charge is 2.34. The zero-order chi connectivity index (χ0) is 16.1. The minimum atomic E-state index is -0.0196. The van der Waals surface area contributed by atoms with Gasteiger partial charge in [0.05, 0.1) is 24.8 Å². The Kier molecular flexibility index (Phi) is 5.67. The van der Waals surface area contributed by atoms with Gasteiger partial charge in [0.25, 0.3) is 0 Å². The number of carbonyl (C=O) groups excluding carboxylic acids is 1. The molecule has 0 spiro atoms. The van der Waals surface area contributed by atoms with Gasteiger partial charge in [-0.15, -0.1) is 0 Å². The molecule has 1 aromatic heterocycles. The van der Waals surface area contributed by atoms with E-state index in [1.807, 2.05) is 19.4 Å². The van der Waals surface area contributed by atoms with Crippen LogP contribution < -0.4 is 10.6 Å². The van der Waals surface area contributed by atoms with Gasteiger partial charge in [0.1, 0.15) is 0 Å². The van der Waals surface area contributed by atoms with Gasteiger partial charge in [0.15, 0.2) is 0 Å². The molecule has 128 valence electrons. The normalized spacial score (nSPS) is 25.6. The van der Waals surface area contributed by atoms with E-state index in [0.717, 1.165) is 18.7 Å². The number of hydrogen-bond acceptors (Lipinski definition) is 4. The predicted octanol–water partition coefficient (Wildman–Crippen LogP) is 1.19. The molecular formula is C17H28N4O2. The molecule has 6 heteroatoms. The van der Waals surface area contributed by atoms with Gasteiger partial charge in [0.2, 0.25) is 5.91 Å². The van der Waals surface area contributed by atoms with Crippen molar-refractivity contribution in [2.45, 2.75) is 44.1 Å². The van der Waals surface area contributed by atoms with Crippen LogP contribution in [0.2, 0.25) is 0 Å². The molecule has 0 radical (unpaired) electrons. The van der Waals surface area contributed by atoms with Crippen molar-refractivity contribution in [3.63, 3.8) is 0 Å². The van der Waals surface area contributed by atoms with Crippen LogP contribution in [-0.4, -0.2) is 48.0 Å². The molecule has 1 saturated heterocycles. The molecule has 1 saturated carbocycles. The van der Waals surface area contributed by atoms with Crippen LogP contribution >= 0.6 is 0 Å². The first-order valence-electron chi connectivity index (χ1n) is 8.82. The number of nitrogens with zero attached hydrogens (tertiary/aromatic N) is 2. The Morgan fingerprint density at radius 2 is 2.22 bits per heavy atom. The van der Waals surface area contributed by atoms with Crippen LogP contribution in [0.3, 0.4) is 0 Å². The lowest BCUT2D eigenvalue weighted by atomic mass is 9.90. The molecule has 1 aromatic rings. The van der Waals surface area contributed by atoms with E-state index in [2.05, 4.69) is 15.7 Å². The van der Waals surface area contributed by atoms with E-state index in [4.69, 9.17) is 4.74 Å². The summed E-state index contributed by atoms with van der Waals surface area (Å²) in [6.45, 7) is 2.79. The molecule has 1 aliphatic heterocycles. The smallest absolute Gasteiger partial charge is 0.225 e. The molecule has 2 N–H and O–H groups in total. The van der Waals surface area contributed by atoms with Crippen molar-refractivity contribution in [3.05, 3.63) is 18.0 Å². The predicted molar refractivity (Wildman–Crippen MR) is 88.1 cm³/mol. The van der Waals surface area contributed by atoms with E-state index < -0.39 is 0 Å². The molecule has 3 rings (SSSR count). The van der Waals surface area contributed by atoms with Crippen molar-refractivity contribution < 1.29 is 9.53 Å². The number of aromatic nitrogens is 2. The second kappa shape index (κ2) is 7.93. The second-order valence-corrected chi connectivity index (χ2v) is 6.74. The van der Waals surface area contributed by atoms with Crippen molar-refractivity contribution in [1.29, 1.82) is 0 Å². The maximum atomic E-state index is 12.5. The van der Waals surface area contributed by atoms with Crippen molar-refractivity contribution >= 4 is 5.91 Å². The number of aryl methyl sites for hydroxylation is 1. The number of amides is 1. The minimum Gasteiger partial charge on any atom is -0.376 e. The first kappa shape index (κ1) is 16.5. The van der Waals surface area contributed by atoms with E-state index in [1.165, 1.54) is 32.1 Å². The van der Waals surface area contributed by atoms with Gasteiger partial charge < -0.3 is 15.4 Å². The lowest BCUT2D eigenvalue weighted by Crippen LogP contribution is -2.36. The Morgan fingerprint density at radius 1 is 1.39 bits per heavy atom. The topological polar surface area (TPSA) is 68.2 Å². The van der Waals surface area contributed by atoms with Gasteiger partial charge in [0, 0.05) is 38.8 Å². The molecule has 2 heterocycles. The number of carbonyl (C=O) groups is 1. The quantitative estimate of drug-likeness (QED) is 0.773. The first-order chi connectivity index (χ1) is 11.2. The third-order valence-corrected chi connectivity index (χ3v) is 5.01. The van der Waals surface area contributed by atoms with Gasteiger partial charge in [-0.3, -0.25) is 9.48 Å². The summed E-state index contributed by atoms with van der Waals surface area (Å²) >= 11 is 0. The number of hydrogen-bond donors (Lipinski definition) is 2. The summed E-state index contributed by atoms with van der Waals surface area (Å²) in [7, 11) is 1.91. The maximum Gasteiger partial charge on any atom is 0.225 e. The Labute approximate surface area is 138 Å². The fraction of sp³-hybridized carbons (Fsp3) is 0.765. The number of ether oxygens (including phenoxy) is 1. The molecule has 2 fully saturated rings. The highest BCUT2D eigenvalue weighted by molar-refractivity contribution is 5.80. The lowest BCUT2D eigenvalue weighted by molar-refractivity contribution is -0.125. The van der Waals surface area contributed by atoms with Crippen molar-refractivity contribution in [1.82, 2.24) is 20.4 Å². The Bertz CT molecular complexity index is 510. The van der Waals surface area contributed by atoms with E-state index >= 15 is 0 Å². The third kappa shape index (κ3) is 4.32. The molecule has 2 atom stereocenters. The molecule has 0 aromatic carbocycles. The SMILES string of the molecule is Cn1cc([C@H]2CNC[C@@H]2C(=O)NCCOC2CCCCC2)cn1. The Morgan fingerprint density at radius 3 is 2.96 bits per heavy atom. The zero-order valence-electron chi connectivity index (χ0n) is 14.0. The molecule has 6 nitrogen and oxygen atoms in total. The summed E-state index contributed by atoms with van der Waals surface area (Å²) in [6.07, 6.45) is 10.5. The second-order valence-electron chi connectivity index (χ2n) is 6.74.